The molecule has 0 fully saturated rings. The van der Waals surface area contributed by atoms with Crippen molar-refractivity contribution in [2.45, 2.75) is 65.9 Å². The van der Waals surface area contributed by atoms with E-state index in [4.69, 9.17) is 18.9 Å². The summed E-state index contributed by atoms with van der Waals surface area (Å²) in [6, 6.07) is 9.10. The Morgan fingerprint density at radius 1 is 0.917 bits per heavy atom. The number of fused-ring (bicyclic) bond motifs is 1. The fraction of sp³-hybridized carbons (Fsp3) is 0.438. The van der Waals surface area contributed by atoms with Crippen LogP contribution in [0, 0.1) is 0 Å². The lowest BCUT2D eigenvalue weighted by Crippen LogP contribution is -2.44. The average molecular weight is 668 g/mol. The molecule has 48 heavy (non-hydrogen) atoms. The largest absolute Gasteiger partial charge is 0.460 e. The van der Waals surface area contributed by atoms with Crippen LogP contribution in [0.15, 0.2) is 55.6 Å². The van der Waals surface area contributed by atoms with Crippen LogP contribution in [0.2, 0.25) is 0 Å². The number of amides is 4. The zero-order valence-corrected chi connectivity index (χ0v) is 27.9. The molecule has 0 aliphatic heterocycles. The van der Waals surface area contributed by atoms with Crippen molar-refractivity contribution in [2.24, 2.45) is 0 Å². The van der Waals surface area contributed by atoms with Gasteiger partial charge < -0.3 is 33.7 Å². The third-order valence-electron chi connectivity index (χ3n) is 5.95. The molecule has 0 saturated carbocycles. The number of carbonyl (C=O) groups excluding carboxylic acids is 5. The number of ether oxygens (including phenoxy) is 4. The van der Waals surface area contributed by atoms with Crippen molar-refractivity contribution in [3.8, 4) is 0 Å². The Morgan fingerprint density at radius 2 is 1.56 bits per heavy atom. The summed E-state index contributed by atoms with van der Waals surface area (Å²) in [5.41, 5.74) is -1.02. The molecule has 258 valence electrons. The summed E-state index contributed by atoms with van der Waals surface area (Å²) in [5, 5.41) is 2.56. The molecule has 1 N–H and O–H groups in total. The molecule has 0 aliphatic rings. The molecule has 0 radical (unpaired) electrons. The summed E-state index contributed by atoms with van der Waals surface area (Å²) in [7, 11) is 0. The van der Waals surface area contributed by atoms with Gasteiger partial charge in [0.05, 0.1) is 6.33 Å². The van der Waals surface area contributed by atoms with Crippen LogP contribution in [0.4, 0.5) is 20.2 Å². The zero-order valence-electron chi connectivity index (χ0n) is 27.9. The van der Waals surface area contributed by atoms with Crippen molar-refractivity contribution >= 4 is 47.1 Å². The molecule has 3 aromatic rings. The molecule has 0 atom stereocenters. The third kappa shape index (κ3) is 11.4. The molecule has 0 aliphatic carbocycles. The van der Waals surface area contributed by atoms with Gasteiger partial charge in [-0.3, -0.25) is 9.59 Å². The molecule has 1 aromatic carbocycles. The van der Waals surface area contributed by atoms with Crippen molar-refractivity contribution in [3.63, 3.8) is 0 Å². The van der Waals surface area contributed by atoms with Gasteiger partial charge >= 0.3 is 24.2 Å². The van der Waals surface area contributed by atoms with E-state index >= 15 is 0 Å². The minimum Gasteiger partial charge on any atom is -0.460 e. The van der Waals surface area contributed by atoms with E-state index in [0.29, 0.717) is 4.90 Å². The van der Waals surface area contributed by atoms with Crippen LogP contribution < -0.4 is 10.2 Å². The van der Waals surface area contributed by atoms with Gasteiger partial charge in [-0.25, -0.2) is 29.3 Å². The van der Waals surface area contributed by atoms with Crippen molar-refractivity contribution in [2.75, 3.05) is 31.1 Å². The van der Waals surface area contributed by atoms with Crippen LogP contribution in [0.3, 0.4) is 0 Å². The Bertz CT molecular complexity index is 1580. The van der Waals surface area contributed by atoms with Crippen LogP contribution >= 0.6 is 0 Å². The highest BCUT2D eigenvalue weighted by Gasteiger charge is 2.35. The van der Waals surface area contributed by atoms with Gasteiger partial charge in [0.15, 0.2) is 17.0 Å². The molecule has 16 nitrogen and oxygen atoms in total. The maximum Gasteiger partial charge on any atom is 0.425 e. The first-order valence-corrected chi connectivity index (χ1v) is 15.0. The number of nitrogens with zero attached hydrogens (tertiary/aromatic N) is 6. The number of carbonyl (C=O) groups is 5. The quantitative estimate of drug-likeness (QED) is 0.167. The molecular formula is C32H41N7O9. The van der Waals surface area contributed by atoms with E-state index < -0.39 is 47.9 Å². The van der Waals surface area contributed by atoms with E-state index in [1.54, 1.807) is 41.5 Å². The van der Waals surface area contributed by atoms with Gasteiger partial charge in [-0.2, -0.15) is 4.90 Å². The Morgan fingerprint density at radius 3 is 2.17 bits per heavy atom. The van der Waals surface area contributed by atoms with E-state index in [1.807, 2.05) is 30.3 Å². The van der Waals surface area contributed by atoms with Gasteiger partial charge in [-0.15, -0.1) is 0 Å². The van der Waals surface area contributed by atoms with Gasteiger partial charge in [0.2, 0.25) is 5.91 Å². The summed E-state index contributed by atoms with van der Waals surface area (Å²) >= 11 is 0. The molecule has 4 amide bonds. The zero-order chi connectivity index (χ0) is 35.5. The Kier molecular flexibility index (Phi) is 12.6. The van der Waals surface area contributed by atoms with E-state index in [2.05, 4.69) is 26.8 Å². The Balaban J connectivity index is 1.81. The maximum absolute atomic E-state index is 13.5. The number of hydrogen-bond acceptors (Lipinski definition) is 12. The summed E-state index contributed by atoms with van der Waals surface area (Å²) in [4.78, 5) is 79.0. The first-order chi connectivity index (χ1) is 22.6. The maximum atomic E-state index is 13.5. The standard InChI is InChI=1S/C32H41N7O9/c1-8-16-45-24(41)18-37(15-14-33-28(42)46-19-22-12-10-9-11-13-22)23(40)17-38-21-36-25-26(38)34-20-35-27(25)39(29(43)47-31(2,3)4)30(44)48-32(5,6)7/h8-13,20-21H,1,14-19H2,2-7H3,(H,33,42). The van der Waals surface area contributed by atoms with E-state index in [9.17, 15) is 24.0 Å². The van der Waals surface area contributed by atoms with Crippen molar-refractivity contribution in [3.05, 3.63) is 61.2 Å². The first-order valence-electron chi connectivity index (χ1n) is 15.0. The highest BCUT2D eigenvalue weighted by Crippen LogP contribution is 2.26. The van der Waals surface area contributed by atoms with Crippen LogP contribution in [0.1, 0.15) is 47.1 Å². The normalized spacial score (nSPS) is 11.3. The lowest BCUT2D eigenvalue weighted by Gasteiger charge is -2.28. The fourth-order valence-corrected chi connectivity index (χ4v) is 3.97. The Hall–Kier alpha value is -5.54. The van der Waals surface area contributed by atoms with Crippen molar-refractivity contribution in [1.29, 1.82) is 0 Å². The van der Waals surface area contributed by atoms with Crippen molar-refractivity contribution in [1.82, 2.24) is 29.7 Å². The van der Waals surface area contributed by atoms with Gasteiger partial charge in [0, 0.05) is 13.1 Å². The molecule has 2 heterocycles. The monoisotopic (exact) mass is 667 g/mol. The molecule has 16 heteroatoms. The molecule has 0 bridgehead atoms. The molecular weight excluding hydrogens is 626 g/mol. The number of aromatic nitrogens is 4. The van der Waals surface area contributed by atoms with Crippen LogP contribution in [0.25, 0.3) is 11.2 Å². The number of rotatable bonds is 12. The number of alkyl carbamates (subject to hydrolysis) is 1. The molecule has 0 unspecified atom stereocenters. The third-order valence-corrected chi connectivity index (χ3v) is 5.95. The number of nitrogens with one attached hydrogen (secondary N) is 1. The highest BCUT2D eigenvalue weighted by molar-refractivity contribution is 6.12. The summed E-state index contributed by atoms with van der Waals surface area (Å²) in [6.07, 6.45) is 0.947. The fourth-order valence-electron chi connectivity index (χ4n) is 3.97. The van der Waals surface area contributed by atoms with Crippen molar-refractivity contribution < 1.29 is 42.9 Å². The molecule has 3 rings (SSSR count). The lowest BCUT2D eigenvalue weighted by atomic mass is 10.2. The minimum atomic E-state index is -1.05. The minimum absolute atomic E-state index is 0.00166. The van der Waals surface area contributed by atoms with Crippen LogP contribution in [0.5, 0.6) is 0 Å². The van der Waals surface area contributed by atoms with Gasteiger partial charge in [-0.1, -0.05) is 43.0 Å². The van der Waals surface area contributed by atoms with Gasteiger partial charge in [0.25, 0.3) is 0 Å². The van der Waals surface area contributed by atoms with E-state index in [1.165, 1.54) is 21.9 Å². The summed E-state index contributed by atoms with van der Waals surface area (Å²) < 4.78 is 22.5. The topological polar surface area (TPSA) is 184 Å². The second-order valence-electron chi connectivity index (χ2n) is 12.3. The van der Waals surface area contributed by atoms with Crippen LogP contribution in [-0.2, 0) is 41.7 Å². The van der Waals surface area contributed by atoms with Gasteiger partial charge in [-0.05, 0) is 47.1 Å². The smallest absolute Gasteiger partial charge is 0.425 e. The summed E-state index contributed by atoms with van der Waals surface area (Å²) in [6.45, 7) is 12.4. The molecule has 0 spiro atoms. The second kappa shape index (κ2) is 16.3. The van der Waals surface area contributed by atoms with E-state index in [0.717, 1.165) is 11.9 Å². The average Bonchev–Trinajstić information content (AvgIpc) is 3.40. The molecule has 2 aromatic heterocycles. The van der Waals surface area contributed by atoms with Gasteiger partial charge in [0.1, 0.15) is 43.8 Å². The molecule has 0 saturated heterocycles. The number of imidazole rings is 1. The number of anilines is 1. The SMILES string of the molecule is C=CCOC(=O)CN(CCNC(=O)OCc1ccccc1)C(=O)Cn1cnc2c(N(C(=O)OC(C)(C)C)C(=O)OC(C)(C)C)ncnc21. The second-order valence-corrected chi connectivity index (χ2v) is 12.3. The number of hydrogen-bond donors (Lipinski definition) is 1. The lowest BCUT2D eigenvalue weighted by molar-refractivity contribution is -0.148. The summed E-state index contributed by atoms with van der Waals surface area (Å²) in [5.74, 6) is -1.47. The number of benzene rings is 1. The number of esters is 1. The number of imide groups is 1. The Labute approximate surface area is 278 Å². The predicted octanol–water partition coefficient (Wildman–Crippen LogP) is 3.99. The van der Waals surface area contributed by atoms with Crippen LogP contribution in [-0.4, -0.2) is 92.0 Å². The van der Waals surface area contributed by atoms with E-state index in [-0.39, 0.29) is 49.8 Å². The highest BCUT2D eigenvalue weighted by atomic mass is 16.6. The predicted molar refractivity (Wildman–Crippen MR) is 173 cm³/mol. The first kappa shape index (κ1) is 36.9.